The maximum absolute atomic E-state index is 11.6. The molecule has 2 aromatic carbocycles. The molecule has 1 atom stereocenters. The number of benzene rings is 2. The van der Waals surface area contributed by atoms with Gasteiger partial charge in [0, 0.05) is 36.7 Å². The lowest BCUT2D eigenvalue weighted by atomic mass is 9.85. The van der Waals surface area contributed by atoms with Gasteiger partial charge in [0.05, 0.1) is 15.9 Å². The van der Waals surface area contributed by atoms with E-state index in [0.29, 0.717) is 5.69 Å². The number of allylic oxidation sites excluding steroid dienone is 4. The van der Waals surface area contributed by atoms with Gasteiger partial charge in [-0.2, -0.15) is 0 Å². The summed E-state index contributed by atoms with van der Waals surface area (Å²) >= 11 is 0. The molecule has 1 unspecified atom stereocenters. The maximum atomic E-state index is 11.6. The van der Waals surface area contributed by atoms with Crippen molar-refractivity contribution < 1.29 is 9.85 Å². The lowest BCUT2D eigenvalue weighted by molar-refractivity contribution is -0.393. The van der Waals surface area contributed by atoms with Gasteiger partial charge in [0.15, 0.2) is 0 Å². The van der Waals surface area contributed by atoms with Crippen LogP contribution in [0.1, 0.15) is 33.3 Å². The second-order valence-electron chi connectivity index (χ2n) is 9.67. The molecular weight excluding hydrogens is 444 g/mol. The number of anilines is 2. The lowest BCUT2D eigenvalue weighted by Gasteiger charge is -2.32. The molecule has 0 N–H and O–H groups in total. The third-order valence-electron chi connectivity index (χ3n) is 6.22. The average Bonchev–Trinajstić information content (AvgIpc) is 2.83. The lowest BCUT2D eigenvalue weighted by Crippen LogP contribution is -2.29. The van der Waals surface area contributed by atoms with E-state index in [4.69, 9.17) is 0 Å². The highest BCUT2D eigenvalue weighted by Gasteiger charge is 2.27. The first-order valence-corrected chi connectivity index (χ1v) is 11.4. The summed E-state index contributed by atoms with van der Waals surface area (Å²) in [5.74, 6) is 0. The first-order chi connectivity index (χ1) is 16.6. The van der Waals surface area contributed by atoms with Crippen molar-refractivity contribution in [1.29, 1.82) is 0 Å². The summed E-state index contributed by atoms with van der Waals surface area (Å²) in [5.41, 5.74) is 4.32. The first-order valence-electron chi connectivity index (χ1n) is 11.4. The van der Waals surface area contributed by atoms with Gasteiger partial charge in [0.1, 0.15) is 5.69 Å². The number of rotatable bonds is 5. The summed E-state index contributed by atoms with van der Waals surface area (Å²) in [5, 5.41) is 22.6. The highest BCUT2D eigenvalue weighted by molar-refractivity contribution is 5.71. The molecule has 0 spiro atoms. The van der Waals surface area contributed by atoms with Gasteiger partial charge in [0.2, 0.25) is 0 Å². The standard InChI is InChI=1S/C27H28N4O4/c1-19-17-21(13-16-29(19)25-10-9-22(30(32)33)18-26(25)31(34)35)20-11-14-28(15-12-20)24-8-6-5-7-23(24)27(2,3)4/h5-14,16-19H,15H2,1-4H3. The Bertz CT molecular complexity index is 1300. The van der Waals surface area contributed by atoms with Crippen LogP contribution in [-0.2, 0) is 5.41 Å². The minimum Gasteiger partial charge on any atom is -0.344 e. The molecule has 2 aliphatic heterocycles. The van der Waals surface area contributed by atoms with Crippen LogP contribution in [0.5, 0.6) is 0 Å². The normalized spacial score (nSPS) is 17.8. The van der Waals surface area contributed by atoms with Gasteiger partial charge in [-0.25, -0.2) is 0 Å². The van der Waals surface area contributed by atoms with E-state index in [1.54, 1.807) is 11.1 Å². The Labute approximate surface area is 204 Å². The predicted molar refractivity (Wildman–Crippen MR) is 139 cm³/mol. The Balaban J connectivity index is 1.55. The molecule has 35 heavy (non-hydrogen) atoms. The Morgan fingerprint density at radius 3 is 2.23 bits per heavy atom. The fraction of sp³-hybridized carbons (Fsp3) is 0.259. The number of non-ortho nitro benzene ring substituents is 1. The molecule has 2 aromatic rings. The molecule has 0 radical (unpaired) electrons. The molecule has 0 aromatic heterocycles. The number of para-hydroxylation sites is 1. The van der Waals surface area contributed by atoms with Crippen LogP contribution in [0, 0.1) is 20.2 Å². The van der Waals surface area contributed by atoms with Crippen molar-refractivity contribution in [3.8, 4) is 0 Å². The van der Waals surface area contributed by atoms with Crippen molar-refractivity contribution >= 4 is 22.7 Å². The van der Waals surface area contributed by atoms with Crippen molar-refractivity contribution in [2.75, 3.05) is 16.3 Å². The number of nitro benzene ring substituents is 2. The average molecular weight is 473 g/mol. The van der Waals surface area contributed by atoms with Crippen LogP contribution in [0.15, 0.2) is 90.3 Å². The number of nitrogens with zero attached hydrogens (tertiary/aromatic N) is 4. The zero-order valence-electron chi connectivity index (χ0n) is 20.2. The van der Waals surface area contributed by atoms with Crippen molar-refractivity contribution in [3.63, 3.8) is 0 Å². The SMILES string of the molecule is CC1C=C(C2=CCN(c3ccccc3C(C)(C)C)C=C2)C=CN1c1ccc([N+](=O)[O-])cc1[N+](=O)[O-]. The summed E-state index contributed by atoms with van der Waals surface area (Å²) < 4.78 is 0. The largest absolute Gasteiger partial charge is 0.344 e. The molecular formula is C27H28N4O4. The summed E-state index contributed by atoms with van der Waals surface area (Å²) in [6, 6.07) is 12.0. The molecule has 0 amide bonds. The van der Waals surface area contributed by atoms with Crippen molar-refractivity contribution in [3.05, 3.63) is 116 Å². The van der Waals surface area contributed by atoms with E-state index in [1.165, 1.54) is 23.4 Å². The topological polar surface area (TPSA) is 92.8 Å². The molecule has 0 saturated heterocycles. The van der Waals surface area contributed by atoms with Gasteiger partial charge in [-0.15, -0.1) is 0 Å². The smallest absolute Gasteiger partial charge is 0.299 e. The van der Waals surface area contributed by atoms with Gasteiger partial charge < -0.3 is 9.80 Å². The Kier molecular flexibility index (Phi) is 6.30. The fourth-order valence-corrected chi connectivity index (χ4v) is 4.42. The zero-order chi connectivity index (χ0) is 25.3. The van der Waals surface area contributed by atoms with Crippen LogP contribution < -0.4 is 9.80 Å². The molecule has 0 fully saturated rings. The second-order valence-corrected chi connectivity index (χ2v) is 9.67. The van der Waals surface area contributed by atoms with Gasteiger partial charge in [-0.1, -0.05) is 51.1 Å². The monoisotopic (exact) mass is 472 g/mol. The number of hydrogen-bond acceptors (Lipinski definition) is 6. The van der Waals surface area contributed by atoms with Gasteiger partial charge in [0.25, 0.3) is 11.4 Å². The van der Waals surface area contributed by atoms with Crippen LogP contribution in [-0.4, -0.2) is 22.4 Å². The van der Waals surface area contributed by atoms with Crippen LogP contribution in [0.25, 0.3) is 0 Å². The Morgan fingerprint density at radius 2 is 1.63 bits per heavy atom. The van der Waals surface area contributed by atoms with E-state index in [2.05, 4.69) is 68.3 Å². The minimum atomic E-state index is -0.630. The van der Waals surface area contributed by atoms with Gasteiger partial charge in [-0.05, 0) is 53.3 Å². The van der Waals surface area contributed by atoms with E-state index in [1.807, 2.05) is 19.1 Å². The third kappa shape index (κ3) is 4.87. The van der Waals surface area contributed by atoms with Gasteiger partial charge >= 0.3 is 0 Å². The Morgan fingerprint density at radius 1 is 0.914 bits per heavy atom. The van der Waals surface area contributed by atoms with Crippen LogP contribution >= 0.6 is 0 Å². The Hall–Kier alpha value is -4.20. The van der Waals surface area contributed by atoms with Crippen molar-refractivity contribution in [1.82, 2.24) is 0 Å². The molecule has 0 bridgehead atoms. The predicted octanol–water partition coefficient (Wildman–Crippen LogP) is 6.41. The molecule has 0 aliphatic carbocycles. The second kappa shape index (κ2) is 9.21. The summed E-state index contributed by atoms with van der Waals surface area (Å²) in [4.78, 5) is 25.4. The van der Waals surface area contributed by atoms with E-state index in [0.717, 1.165) is 23.8 Å². The van der Waals surface area contributed by atoms with Crippen molar-refractivity contribution in [2.45, 2.75) is 39.2 Å². The first kappa shape index (κ1) is 23.9. The molecule has 2 aliphatic rings. The van der Waals surface area contributed by atoms with Crippen LogP contribution in [0.3, 0.4) is 0 Å². The molecule has 8 nitrogen and oxygen atoms in total. The summed E-state index contributed by atoms with van der Waals surface area (Å²) in [6.07, 6.45) is 12.1. The van der Waals surface area contributed by atoms with E-state index >= 15 is 0 Å². The molecule has 4 rings (SSSR count). The van der Waals surface area contributed by atoms with E-state index < -0.39 is 9.85 Å². The molecule has 2 heterocycles. The summed E-state index contributed by atoms with van der Waals surface area (Å²) in [7, 11) is 0. The van der Waals surface area contributed by atoms with E-state index in [-0.39, 0.29) is 22.8 Å². The minimum absolute atomic E-state index is 0.0302. The van der Waals surface area contributed by atoms with Crippen molar-refractivity contribution in [2.24, 2.45) is 0 Å². The maximum Gasteiger partial charge on any atom is 0.299 e. The molecule has 180 valence electrons. The number of hydrogen-bond donors (Lipinski definition) is 0. The van der Waals surface area contributed by atoms with E-state index in [9.17, 15) is 20.2 Å². The van der Waals surface area contributed by atoms with Crippen LogP contribution in [0.2, 0.25) is 0 Å². The third-order valence-corrected chi connectivity index (χ3v) is 6.22. The highest BCUT2D eigenvalue weighted by Crippen LogP contribution is 2.37. The number of nitro groups is 2. The fourth-order valence-electron chi connectivity index (χ4n) is 4.42. The summed E-state index contributed by atoms with van der Waals surface area (Å²) in [6.45, 7) is 9.30. The van der Waals surface area contributed by atoms with Gasteiger partial charge in [-0.3, -0.25) is 20.2 Å². The molecule has 8 heteroatoms. The highest BCUT2D eigenvalue weighted by atomic mass is 16.6. The zero-order valence-corrected chi connectivity index (χ0v) is 20.2. The molecule has 0 saturated carbocycles. The van der Waals surface area contributed by atoms with Crippen LogP contribution in [0.4, 0.5) is 22.7 Å². The quantitative estimate of drug-likeness (QED) is 0.369.